The lowest BCUT2D eigenvalue weighted by Gasteiger charge is -2.12. The molecule has 0 aromatic heterocycles. The molecule has 2 rings (SSSR count). The molecule has 0 aliphatic carbocycles. The fourth-order valence-corrected chi connectivity index (χ4v) is 3.21. The summed E-state index contributed by atoms with van der Waals surface area (Å²) in [5.41, 5.74) is 2.37. The number of nitrogens with zero attached hydrogens (tertiary/aromatic N) is 1. The lowest BCUT2D eigenvalue weighted by Crippen LogP contribution is -2.41. The molecule has 6 nitrogen and oxygen atoms in total. The molecular formula is C18H24N4O2S. The summed E-state index contributed by atoms with van der Waals surface area (Å²) in [6.45, 7) is 3.39. The first-order valence-electron chi connectivity index (χ1n) is 8.06. The monoisotopic (exact) mass is 360 g/mol. The summed E-state index contributed by atoms with van der Waals surface area (Å²) in [5, 5.41) is 6.28. The minimum absolute atomic E-state index is 0.261. The van der Waals surface area contributed by atoms with Gasteiger partial charge in [-0.2, -0.15) is 0 Å². The van der Waals surface area contributed by atoms with Crippen LogP contribution in [0.15, 0.2) is 64.5 Å². The highest BCUT2D eigenvalue weighted by molar-refractivity contribution is 7.89. The number of benzene rings is 2. The van der Waals surface area contributed by atoms with Gasteiger partial charge < -0.3 is 10.6 Å². The van der Waals surface area contributed by atoms with Gasteiger partial charge in [-0.1, -0.05) is 48.0 Å². The molecule has 0 aliphatic rings. The largest absolute Gasteiger partial charge is 0.355 e. The van der Waals surface area contributed by atoms with Gasteiger partial charge >= 0.3 is 0 Å². The molecule has 2 aromatic carbocycles. The highest BCUT2D eigenvalue weighted by atomic mass is 32.2. The minimum Gasteiger partial charge on any atom is -0.355 e. The van der Waals surface area contributed by atoms with Crippen molar-refractivity contribution in [3.63, 3.8) is 0 Å². The van der Waals surface area contributed by atoms with E-state index in [0.717, 1.165) is 5.56 Å². The predicted molar refractivity (Wildman–Crippen MR) is 101 cm³/mol. The first kappa shape index (κ1) is 19.0. The van der Waals surface area contributed by atoms with Gasteiger partial charge in [-0.05, 0) is 24.6 Å². The summed E-state index contributed by atoms with van der Waals surface area (Å²) in [6.07, 6.45) is 0. The second kappa shape index (κ2) is 9.19. The van der Waals surface area contributed by atoms with E-state index in [4.69, 9.17) is 0 Å². The molecule has 0 heterocycles. The number of guanidine groups is 1. The van der Waals surface area contributed by atoms with E-state index in [9.17, 15) is 8.42 Å². The molecule has 0 aliphatic heterocycles. The normalized spacial score (nSPS) is 12.0. The van der Waals surface area contributed by atoms with Crippen LogP contribution in [-0.2, 0) is 16.6 Å². The van der Waals surface area contributed by atoms with E-state index < -0.39 is 10.0 Å². The first-order valence-corrected chi connectivity index (χ1v) is 9.54. The molecule has 0 bridgehead atoms. The second-order valence-electron chi connectivity index (χ2n) is 5.55. The zero-order chi connectivity index (χ0) is 18.1. The van der Waals surface area contributed by atoms with Crippen LogP contribution in [0.2, 0.25) is 0 Å². The van der Waals surface area contributed by atoms with Gasteiger partial charge in [0.1, 0.15) is 0 Å². The third kappa shape index (κ3) is 6.21. The van der Waals surface area contributed by atoms with Gasteiger partial charge in [-0.3, -0.25) is 4.99 Å². The molecule has 0 saturated heterocycles. The van der Waals surface area contributed by atoms with Crippen molar-refractivity contribution in [2.75, 3.05) is 20.1 Å². The van der Waals surface area contributed by atoms with E-state index in [1.807, 2.05) is 6.92 Å². The number of nitrogens with one attached hydrogen (secondary N) is 3. The van der Waals surface area contributed by atoms with Gasteiger partial charge in [-0.25, -0.2) is 13.1 Å². The van der Waals surface area contributed by atoms with Crippen LogP contribution in [0.5, 0.6) is 0 Å². The summed E-state index contributed by atoms with van der Waals surface area (Å²) in [7, 11) is -1.80. The van der Waals surface area contributed by atoms with Gasteiger partial charge in [0, 0.05) is 26.7 Å². The molecule has 25 heavy (non-hydrogen) atoms. The Morgan fingerprint density at radius 1 is 0.960 bits per heavy atom. The van der Waals surface area contributed by atoms with Crippen molar-refractivity contribution in [1.82, 2.24) is 15.4 Å². The van der Waals surface area contributed by atoms with Crippen molar-refractivity contribution in [3.8, 4) is 0 Å². The van der Waals surface area contributed by atoms with Crippen LogP contribution in [0.4, 0.5) is 0 Å². The van der Waals surface area contributed by atoms with E-state index >= 15 is 0 Å². The maximum atomic E-state index is 12.1. The molecule has 3 N–H and O–H groups in total. The van der Waals surface area contributed by atoms with E-state index in [1.165, 1.54) is 5.56 Å². The van der Waals surface area contributed by atoms with Crippen LogP contribution in [0, 0.1) is 6.92 Å². The Labute approximate surface area is 149 Å². The van der Waals surface area contributed by atoms with Crippen LogP contribution < -0.4 is 15.4 Å². The fraction of sp³-hybridized carbons (Fsp3) is 0.278. The molecule has 2 aromatic rings. The van der Waals surface area contributed by atoms with Crippen molar-refractivity contribution < 1.29 is 8.42 Å². The smallest absolute Gasteiger partial charge is 0.240 e. The summed E-state index contributed by atoms with van der Waals surface area (Å²) in [6, 6.07) is 16.6. The summed E-state index contributed by atoms with van der Waals surface area (Å²) in [4.78, 5) is 4.39. The molecule has 7 heteroatoms. The van der Waals surface area contributed by atoms with Crippen molar-refractivity contribution in [2.24, 2.45) is 4.99 Å². The third-order valence-electron chi connectivity index (χ3n) is 3.57. The Bertz CT molecular complexity index is 788. The number of hydrogen-bond donors (Lipinski definition) is 3. The van der Waals surface area contributed by atoms with Crippen LogP contribution >= 0.6 is 0 Å². The lowest BCUT2D eigenvalue weighted by atomic mass is 10.1. The first-order chi connectivity index (χ1) is 12.0. The summed E-state index contributed by atoms with van der Waals surface area (Å²) in [5.74, 6) is 0.625. The van der Waals surface area contributed by atoms with Crippen molar-refractivity contribution >= 4 is 16.0 Å². The Kier molecular flexibility index (Phi) is 6.97. The number of hydrogen-bond acceptors (Lipinski definition) is 3. The number of aliphatic imine (C=N–C) groups is 1. The average Bonchev–Trinajstić information content (AvgIpc) is 2.63. The van der Waals surface area contributed by atoms with Crippen molar-refractivity contribution in [2.45, 2.75) is 18.4 Å². The fourth-order valence-electron chi connectivity index (χ4n) is 2.16. The predicted octanol–water partition coefficient (Wildman–Crippen LogP) is 1.64. The molecule has 0 radical (unpaired) electrons. The van der Waals surface area contributed by atoms with E-state index in [2.05, 4.69) is 44.6 Å². The molecule has 0 unspecified atom stereocenters. The van der Waals surface area contributed by atoms with Gasteiger partial charge in [0.25, 0.3) is 0 Å². The van der Waals surface area contributed by atoms with E-state index in [0.29, 0.717) is 19.0 Å². The van der Waals surface area contributed by atoms with Gasteiger partial charge in [-0.15, -0.1) is 0 Å². The van der Waals surface area contributed by atoms with Crippen molar-refractivity contribution in [3.05, 3.63) is 65.7 Å². The quantitative estimate of drug-likeness (QED) is 0.398. The lowest BCUT2D eigenvalue weighted by molar-refractivity contribution is 0.580. The van der Waals surface area contributed by atoms with Crippen molar-refractivity contribution in [1.29, 1.82) is 0 Å². The Balaban J connectivity index is 1.75. The van der Waals surface area contributed by atoms with E-state index in [1.54, 1.807) is 37.4 Å². The van der Waals surface area contributed by atoms with Crippen LogP contribution in [0.1, 0.15) is 11.1 Å². The van der Waals surface area contributed by atoms with Crippen LogP contribution in [0.3, 0.4) is 0 Å². The Morgan fingerprint density at radius 3 is 2.28 bits per heavy atom. The van der Waals surface area contributed by atoms with Crippen LogP contribution in [-0.4, -0.2) is 34.5 Å². The average molecular weight is 360 g/mol. The topological polar surface area (TPSA) is 82.6 Å². The standard InChI is InChI=1S/C18H24N4O2S/c1-15-8-10-16(11-9-15)14-21-18(19-2)20-12-13-22-25(23,24)17-6-4-3-5-7-17/h3-11,22H,12-14H2,1-2H3,(H2,19,20,21). The molecule has 0 spiro atoms. The second-order valence-corrected chi connectivity index (χ2v) is 7.32. The third-order valence-corrected chi connectivity index (χ3v) is 5.04. The maximum absolute atomic E-state index is 12.1. The molecule has 134 valence electrons. The molecule has 0 saturated carbocycles. The molecular weight excluding hydrogens is 336 g/mol. The van der Waals surface area contributed by atoms with Crippen LogP contribution in [0.25, 0.3) is 0 Å². The van der Waals surface area contributed by atoms with Gasteiger partial charge in [0.15, 0.2) is 5.96 Å². The Hall–Kier alpha value is -2.38. The molecule has 0 atom stereocenters. The van der Waals surface area contributed by atoms with Gasteiger partial charge in [0.05, 0.1) is 4.90 Å². The Morgan fingerprint density at radius 2 is 1.64 bits per heavy atom. The maximum Gasteiger partial charge on any atom is 0.240 e. The summed E-state index contributed by atoms with van der Waals surface area (Å²) < 4.78 is 26.8. The zero-order valence-corrected chi connectivity index (χ0v) is 15.3. The SMILES string of the molecule is CN=C(NCCNS(=O)(=O)c1ccccc1)NCc1ccc(C)cc1. The molecule has 0 amide bonds. The minimum atomic E-state index is -3.47. The number of rotatable bonds is 7. The number of sulfonamides is 1. The number of aryl methyl sites for hydroxylation is 1. The highest BCUT2D eigenvalue weighted by Crippen LogP contribution is 2.06. The highest BCUT2D eigenvalue weighted by Gasteiger charge is 2.11. The zero-order valence-electron chi connectivity index (χ0n) is 14.5. The summed E-state index contributed by atoms with van der Waals surface area (Å²) >= 11 is 0. The van der Waals surface area contributed by atoms with Gasteiger partial charge in [0.2, 0.25) is 10.0 Å². The molecule has 0 fully saturated rings. The van der Waals surface area contributed by atoms with E-state index in [-0.39, 0.29) is 11.4 Å².